The monoisotopic (exact) mass is 443 g/mol. The Kier molecular flexibility index (Phi) is 8.59. The predicted molar refractivity (Wildman–Crippen MR) is 108 cm³/mol. The highest BCUT2D eigenvalue weighted by molar-refractivity contribution is 14.0. The zero-order valence-corrected chi connectivity index (χ0v) is 17.0. The number of nitrogens with one attached hydrogen (secondary N) is 1. The molecular formula is C17H26IN5O. The molecular weight excluding hydrogens is 417 g/mol. The van der Waals surface area contributed by atoms with Crippen molar-refractivity contribution in [3.05, 3.63) is 47.9 Å². The molecule has 0 fully saturated rings. The zero-order chi connectivity index (χ0) is 16.7. The second-order valence-electron chi connectivity index (χ2n) is 5.35. The van der Waals surface area contributed by atoms with Crippen LogP contribution in [0.3, 0.4) is 0 Å². The second kappa shape index (κ2) is 10.2. The van der Waals surface area contributed by atoms with Gasteiger partial charge in [0, 0.05) is 44.8 Å². The van der Waals surface area contributed by atoms with Gasteiger partial charge in [0.25, 0.3) is 0 Å². The number of pyridine rings is 1. The highest BCUT2D eigenvalue weighted by Gasteiger charge is 2.08. The Labute approximate surface area is 161 Å². The highest BCUT2D eigenvalue weighted by atomic mass is 127. The standard InChI is InChI=1S/C17H25N5O.HI/c1-5-18-17(22(3)13-15-7-6-10-21(15)2)20-12-14-8-9-16(23-4)19-11-14;/h6-11H,5,12-13H2,1-4H3,(H,18,20);1H. The van der Waals surface area contributed by atoms with E-state index in [-0.39, 0.29) is 24.0 Å². The van der Waals surface area contributed by atoms with Gasteiger partial charge in [0.05, 0.1) is 20.2 Å². The first-order valence-electron chi connectivity index (χ1n) is 7.72. The Morgan fingerprint density at radius 2 is 2.17 bits per heavy atom. The van der Waals surface area contributed by atoms with Crippen molar-refractivity contribution in [1.82, 2.24) is 19.8 Å². The number of guanidine groups is 1. The average molecular weight is 443 g/mol. The molecule has 0 aromatic carbocycles. The van der Waals surface area contributed by atoms with Crippen LogP contribution in [0.4, 0.5) is 0 Å². The molecule has 132 valence electrons. The molecule has 2 rings (SSSR count). The molecule has 2 aromatic rings. The van der Waals surface area contributed by atoms with Crippen molar-refractivity contribution in [2.75, 3.05) is 20.7 Å². The summed E-state index contributed by atoms with van der Waals surface area (Å²) in [6.07, 6.45) is 3.85. The topological polar surface area (TPSA) is 54.7 Å². The number of nitrogens with zero attached hydrogens (tertiary/aromatic N) is 4. The molecule has 0 aliphatic rings. The summed E-state index contributed by atoms with van der Waals surface area (Å²) in [4.78, 5) is 11.0. The number of halogens is 1. The highest BCUT2D eigenvalue weighted by Crippen LogP contribution is 2.08. The van der Waals surface area contributed by atoms with E-state index in [1.54, 1.807) is 13.3 Å². The number of rotatable bonds is 6. The van der Waals surface area contributed by atoms with Gasteiger partial charge < -0.3 is 19.5 Å². The van der Waals surface area contributed by atoms with E-state index in [9.17, 15) is 0 Å². The lowest BCUT2D eigenvalue weighted by molar-refractivity contribution is 0.397. The molecule has 0 radical (unpaired) electrons. The molecule has 7 heteroatoms. The van der Waals surface area contributed by atoms with Crippen LogP contribution in [0.2, 0.25) is 0 Å². The van der Waals surface area contributed by atoms with E-state index in [1.807, 2.05) is 19.2 Å². The normalized spacial score (nSPS) is 10.9. The van der Waals surface area contributed by atoms with Crippen LogP contribution in [0, 0.1) is 0 Å². The summed E-state index contributed by atoms with van der Waals surface area (Å²) >= 11 is 0. The summed E-state index contributed by atoms with van der Waals surface area (Å²) < 4.78 is 7.19. The Balaban J connectivity index is 0.00000288. The number of aliphatic imine (C=N–C) groups is 1. The summed E-state index contributed by atoms with van der Waals surface area (Å²) in [5, 5.41) is 3.33. The van der Waals surface area contributed by atoms with Crippen molar-refractivity contribution in [2.45, 2.75) is 20.0 Å². The molecule has 0 saturated heterocycles. The van der Waals surface area contributed by atoms with Crippen molar-refractivity contribution in [3.63, 3.8) is 0 Å². The molecule has 0 amide bonds. The molecule has 6 nitrogen and oxygen atoms in total. The summed E-state index contributed by atoms with van der Waals surface area (Å²) in [7, 11) is 5.71. The van der Waals surface area contributed by atoms with Crippen LogP contribution in [0.15, 0.2) is 41.7 Å². The van der Waals surface area contributed by atoms with E-state index < -0.39 is 0 Å². The Bertz CT molecular complexity index is 639. The van der Waals surface area contributed by atoms with Gasteiger partial charge in [-0.3, -0.25) is 0 Å². The van der Waals surface area contributed by atoms with Crippen LogP contribution < -0.4 is 10.1 Å². The number of methoxy groups -OCH3 is 1. The molecule has 2 aromatic heterocycles. The van der Waals surface area contributed by atoms with Crippen LogP contribution in [-0.4, -0.2) is 41.1 Å². The number of aryl methyl sites for hydroxylation is 1. The van der Waals surface area contributed by atoms with Crippen molar-refractivity contribution >= 4 is 29.9 Å². The SMILES string of the molecule is CCNC(=NCc1ccc(OC)nc1)N(C)Cc1cccn1C.I. The Hall–Kier alpha value is -1.77. The fourth-order valence-electron chi connectivity index (χ4n) is 2.24. The first kappa shape index (κ1) is 20.3. The molecule has 2 heterocycles. The maximum Gasteiger partial charge on any atom is 0.212 e. The van der Waals surface area contributed by atoms with Crippen LogP contribution in [0.5, 0.6) is 5.88 Å². The fourth-order valence-corrected chi connectivity index (χ4v) is 2.24. The third-order valence-corrected chi connectivity index (χ3v) is 3.57. The minimum Gasteiger partial charge on any atom is -0.481 e. The smallest absolute Gasteiger partial charge is 0.212 e. The summed E-state index contributed by atoms with van der Waals surface area (Å²) in [6, 6.07) is 8.01. The zero-order valence-electron chi connectivity index (χ0n) is 14.7. The van der Waals surface area contributed by atoms with Crippen LogP contribution >= 0.6 is 24.0 Å². The van der Waals surface area contributed by atoms with Gasteiger partial charge in [-0.25, -0.2) is 9.98 Å². The van der Waals surface area contributed by atoms with E-state index in [4.69, 9.17) is 9.73 Å². The average Bonchev–Trinajstić information content (AvgIpc) is 2.96. The molecule has 0 unspecified atom stereocenters. The first-order chi connectivity index (χ1) is 11.1. The predicted octanol–water partition coefficient (Wildman–Crippen LogP) is 2.64. The largest absolute Gasteiger partial charge is 0.481 e. The van der Waals surface area contributed by atoms with Crippen molar-refractivity contribution < 1.29 is 4.74 Å². The van der Waals surface area contributed by atoms with Crippen LogP contribution in [-0.2, 0) is 20.1 Å². The third kappa shape index (κ3) is 5.70. The molecule has 24 heavy (non-hydrogen) atoms. The van der Waals surface area contributed by atoms with E-state index in [1.165, 1.54) is 5.69 Å². The van der Waals surface area contributed by atoms with Crippen LogP contribution in [0.25, 0.3) is 0 Å². The lowest BCUT2D eigenvalue weighted by atomic mass is 10.3. The summed E-state index contributed by atoms with van der Waals surface area (Å²) in [6.45, 7) is 4.28. The number of ether oxygens (including phenoxy) is 1. The van der Waals surface area contributed by atoms with Crippen molar-refractivity contribution in [2.24, 2.45) is 12.0 Å². The first-order valence-corrected chi connectivity index (χ1v) is 7.72. The Morgan fingerprint density at radius 1 is 1.38 bits per heavy atom. The Morgan fingerprint density at radius 3 is 2.71 bits per heavy atom. The summed E-state index contributed by atoms with van der Waals surface area (Å²) in [5.41, 5.74) is 2.29. The second-order valence-corrected chi connectivity index (χ2v) is 5.35. The third-order valence-electron chi connectivity index (χ3n) is 3.57. The van der Waals surface area contributed by atoms with Gasteiger partial charge in [-0.1, -0.05) is 6.07 Å². The molecule has 0 atom stereocenters. The lowest BCUT2D eigenvalue weighted by Crippen LogP contribution is -2.38. The van der Waals surface area contributed by atoms with E-state index in [0.29, 0.717) is 12.4 Å². The van der Waals surface area contributed by atoms with Gasteiger partial charge in [-0.2, -0.15) is 0 Å². The number of aromatic nitrogens is 2. The molecule has 0 spiro atoms. The minimum atomic E-state index is 0. The van der Waals surface area contributed by atoms with E-state index in [0.717, 1.165) is 24.6 Å². The van der Waals surface area contributed by atoms with Gasteiger partial charge in [-0.15, -0.1) is 24.0 Å². The minimum absolute atomic E-state index is 0. The maximum atomic E-state index is 5.07. The molecule has 0 aliphatic carbocycles. The van der Waals surface area contributed by atoms with Crippen LogP contribution in [0.1, 0.15) is 18.2 Å². The van der Waals surface area contributed by atoms with Crippen molar-refractivity contribution in [3.8, 4) is 5.88 Å². The molecule has 0 bridgehead atoms. The van der Waals surface area contributed by atoms with Gasteiger partial charge in [0.2, 0.25) is 5.88 Å². The van der Waals surface area contributed by atoms with Gasteiger partial charge in [0.1, 0.15) is 0 Å². The van der Waals surface area contributed by atoms with Gasteiger partial charge in [-0.05, 0) is 24.6 Å². The van der Waals surface area contributed by atoms with Crippen molar-refractivity contribution in [1.29, 1.82) is 0 Å². The van der Waals surface area contributed by atoms with E-state index >= 15 is 0 Å². The van der Waals surface area contributed by atoms with E-state index in [2.05, 4.69) is 52.1 Å². The maximum absolute atomic E-state index is 5.07. The fraction of sp³-hybridized carbons (Fsp3) is 0.412. The number of hydrogen-bond donors (Lipinski definition) is 1. The molecule has 0 saturated carbocycles. The summed E-state index contributed by atoms with van der Waals surface area (Å²) in [5.74, 6) is 1.50. The lowest BCUT2D eigenvalue weighted by Gasteiger charge is -2.22. The molecule has 1 N–H and O–H groups in total. The quantitative estimate of drug-likeness (QED) is 0.424. The van der Waals surface area contributed by atoms with Gasteiger partial charge >= 0.3 is 0 Å². The number of hydrogen-bond acceptors (Lipinski definition) is 3. The van der Waals surface area contributed by atoms with Gasteiger partial charge in [0.15, 0.2) is 5.96 Å². The molecule has 0 aliphatic heterocycles.